The molecule has 576 valence electrons. The van der Waals surface area contributed by atoms with Gasteiger partial charge in [0.05, 0.1) is 55.6 Å². The minimum atomic E-state index is -5.09. The Morgan fingerprint density at radius 2 is 0.899 bits per heavy atom. The number of allylic oxidation sites excluding steroid dienone is 4. The van der Waals surface area contributed by atoms with Crippen LogP contribution in [0, 0.1) is 59.2 Å². The highest BCUT2D eigenvalue weighted by Crippen LogP contribution is 2.28. The lowest BCUT2D eigenvalue weighted by molar-refractivity contribution is -0.175. The van der Waals surface area contributed by atoms with E-state index < -0.39 is 101 Å². The number of aliphatic carboxylic acids is 3. The summed E-state index contributed by atoms with van der Waals surface area (Å²) in [5.41, 5.74) is 8.85. The first kappa shape index (κ1) is 105. The van der Waals surface area contributed by atoms with Gasteiger partial charge in [0, 0.05) is 5.92 Å². The number of carbonyl (C=O) groups is 10. The van der Waals surface area contributed by atoms with Gasteiger partial charge in [-0.15, -0.1) is 26.3 Å². The molecule has 3 unspecified atom stereocenters. The van der Waals surface area contributed by atoms with Gasteiger partial charge in [-0.05, 0) is 106 Å². The summed E-state index contributed by atoms with van der Waals surface area (Å²) in [6.45, 7) is 51.7. The molecule has 1 aliphatic rings. The molecule has 1 rings (SSSR count). The predicted molar refractivity (Wildman–Crippen MR) is 361 cm³/mol. The Labute approximate surface area is 580 Å². The predicted octanol–water partition coefficient (Wildman–Crippen LogP) is 9.28. The van der Waals surface area contributed by atoms with Crippen LogP contribution in [0.1, 0.15) is 145 Å². The van der Waals surface area contributed by atoms with E-state index in [1.54, 1.807) is 79.7 Å². The van der Waals surface area contributed by atoms with Crippen molar-refractivity contribution in [1.29, 1.82) is 0 Å². The lowest BCUT2D eigenvalue weighted by Crippen LogP contribution is -2.49. The number of rotatable bonds is 27. The van der Waals surface area contributed by atoms with Gasteiger partial charge >= 0.3 is 71.9 Å². The Kier molecular flexibility index (Phi) is 56.7. The number of nitrogens with two attached hydrogens (primary N) is 2. The van der Waals surface area contributed by atoms with Gasteiger partial charge in [-0.25, -0.2) is 4.79 Å². The second kappa shape index (κ2) is 53.4. The van der Waals surface area contributed by atoms with Crippen molar-refractivity contribution in [2.24, 2.45) is 70.6 Å². The van der Waals surface area contributed by atoms with E-state index in [0.717, 1.165) is 12.7 Å². The SMILES string of the molecule is C/C=C\COC(=O)CN.C/C=C\COC(=O)CNC(=O)C(F)(F)F.C=CC(C)C(NC(=O)C(F)(F)F)C(=O)O.C=C[C@H](C)[C@H](C)C(=O)O.C=C[C@H](C)[C@H](C)C(=O)OC(C)(C)C.C=C[C@H](C)[C@H](N)C(=O)O.C[C@H](C(=O)OC(C)(C)C)[C@@H](C)C1CO1.C[C@H]([C@H](C)C(=O)OC(C)(C)C)[C@@H](O)CO. The fourth-order valence-electron chi connectivity index (χ4n) is 5.63. The second-order valence-electron chi connectivity index (χ2n) is 25.4. The zero-order valence-corrected chi connectivity index (χ0v) is 61.5. The quantitative estimate of drug-likeness (QED) is 0.0121. The number of nitrogens with one attached hydrogen (secondary N) is 2. The maximum Gasteiger partial charge on any atom is 0.471 e. The van der Waals surface area contributed by atoms with Crippen molar-refractivity contribution in [3.63, 3.8) is 0 Å². The number of amides is 2. The van der Waals surface area contributed by atoms with E-state index in [-0.39, 0.29) is 97.1 Å². The molecule has 0 aromatic heterocycles. The van der Waals surface area contributed by atoms with E-state index >= 15 is 0 Å². The standard InChI is InChI=1S/C11H22O4.C11H20O3.C11H20O2.2C8H10F3NO3.C7H12O2.2C6H11NO2/c1-7(9(13)6-12)8(2)10(14)15-11(3,4)5;1-7(9-6-13-9)8(2)10(12)14-11(3,4)5;1-7-8(2)9(3)10(12)13-11(4,5)6;1-3-4(2)5(6(13)14)12-7(15)8(9,10)11;1-2-3-4-15-6(13)5-12-7(14)8(9,10)11;1-4-5(2)6(3)7(8)9;1-3-4(2)5(7)6(8)9;1-2-3-4-9-6(8)5-7/h7-9,12-13H,6H2,1-5H3;7-9H,6H2,1-5H3;7-9H,1H2,2-6H3;3-5H,1H2,2H3,(H,12,15)(H,13,14);2-3H,4-5H2,1H3,(H,12,14);4-6H,1H2,2-3H3,(H,8,9);3-5H,1,7H2,2H3,(H,8,9);2-3H,4-5,7H2,1H3/b;;;;3-2-;;;3-2-/t7-,8+,9+;7-,8+,9?;8-,9-;;;5-,6-;4-,5-;/m110..00./s1. The highest BCUT2D eigenvalue weighted by atomic mass is 19.4. The van der Waals surface area contributed by atoms with Crippen molar-refractivity contribution >= 4 is 59.6 Å². The first-order valence-corrected chi connectivity index (χ1v) is 31.3. The van der Waals surface area contributed by atoms with Gasteiger partial charge in [0.2, 0.25) is 0 Å². The highest BCUT2D eigenvalue weighted by Gasteiger charge is 2.42. The fraction of sp³-hybridized carbons (Fsp3) is 0.676. The third-order valence-corrected chi connectivity index (χ3v) is 13.3. The molecule has 25 nitrogen and oxygen atoms in total. The lowest BCUT2D eigenvalue weighted by Gasteiger charge is -2.26. The molecule has 0 radical (unpaired) electrons. The fourth-order valence-corrected chi connectivity index (χ4v) is 5.63. The number of esters is 5. The van der Waals surface area contributed by atoms with Crippen molar-refractivity contribution in [2.75, 3.05) is 39.5 Å². The van der Waals surface area contributed by atoms with Crippen LogP contribution in [-0.2, 0) is 76.4 Å². The molecular formula is C68H116F6N4O21. The summed E-state index contributed by atoms with van der Waals surface area (Å²) in [5.74, 6) is -11.4. The van der Waals surface area contributed by atoms with Crippen LogP contribution in [0.2, 0.25) is 0 Å². The van der Waals surface area contributed by atoms with Gasteiger partial charge in [0.25, 0.3) is 0 Å². The van der Waals surface area contributed by atoms with Crippen LogP contribution in [0.3, 0.4) is 0 Å². The summed E-state index contributed by atoms with van der Waals surface area (Å²) in [7, 11) is 0. The zero-order valence-electron chi connectivity index (χ0n) is 61.5. The molecule has 1 heterocycles. The van der Waals surface area contributed by atoms with E-state index in [0.29, 0.717) is 6.61 Å². The first-order chi connectivity index (χ1) is 44.8. The number of aliphatic hydroxyl groups excluding tert-OH is 2. The minimum absolute atomic E-state index is 0.0305. The smallest absolute Gasteiger partial charge is 0.471 e. The summed E-state index contributed by atoms with van der Waals surface area (Å²) < 4.78 is 100. The molecule has 31 heteroatoms. The molecular weight excluding hydrogens is 1320 g/mol. The van der Waals surface area contributed by atoms with Gasteiger partial charge in [-0.3, -0.25) is 43.2 Å². The number of carboxylic acid groups (broad SMARTS) is 3. The van der Waals surface area contributed by atoms with Crippen LogP contribution in [0.15, 0.2) is 74.9 Å². The second-order valence-corrected chi connectivity index (χ2v) is 25.4. The van der Waals surface area contributed by atoms with E-state index in [1.165, 1.54) is 29.7 Å². The molecule has 99 heavy (non-hydrogen) atoms. The van der Waals surface area contributed by atoms with Crippen LogP contribution >= 0.6 is 0 Å². The number of ether oxygens (including phenoxy) is 6. The molecule has 1 aliphatic heterocycles. The largest absolute Gasteiger partial charge is 0.481 e. The molecule has 0 aromatic carbocycles. The summed E-state index contributed by atoms with van der Waals surface area (Å²) in [4.78, 5) is 107. The lowest BCUT2D eigenvalue weighted by atomic mass is 9.91. The maximum absolute atomic E-state index is 11.8. The Bertz CT molecular complexity index is 2470. The first-order valence-electron chi connectivity index (χ1n) is 31.3. The average Bonchev–Trinajstić information content (AvgIpc) is 1.79. The van der Waals surface area contributed by atoms with Crippen LogP contribution in [0.25, 0.3) is 0 Å². The Hall–Kier alpha value is -7.48. The molecule has 2 amide bonds. The minimum Gasteiger partial charge on any atom is -0.481 e. The van der Waals surface area contributed by atoms with Crippen LogP contribution in [-0.4, -0.2) is 178 Å². The number of alkyl halides is 6. The molecule has 1 fully saturated rings. The Morgan fingerprint density at radius 1 is 0.545 bits per heavy atom. The summed E-state index contributed by atoms with van der Waals surface area (Å²) >= 11 is 0. The van der Waals surface area contributed by atoms with E-state index in [1.807, 2.05) is 89.2 Å². The van der Waals surface area contributed by atoms with Crippen LogP contribution < -0.4 is 22.1 Å². The van der Waals surface area contributed by atoms with Gasteiger partial charge in [-0.2, -0.15) is 26.3 Å². The van der Waals surface area contributed by atoms with Gasteiger partial charge in [0.15, 0.2) is 0 Å². The number of carboxylic acids is 3. The van der Waals surface area contributed by atoms with Crippen molar-refractivity contribution < 1.29 is 128 Å². The molecule has 0 saturated carbocycles. The van der Waals surface area contributed by atoms with Crippen molar-refractivity contribution in [1.82, 2.24) is 10.6 Å². The average molecular weight is 1440 g/mol. The number of hydrogen-bond donors (Lipinski definition) is 9. The van der Waals surface area contributed by atoms with Crippen LogP contribution in [0.4, 0.5) is 26.3 Å². The van der Waals surface area contributed by atoms with Crippen molar-refractivity contribution in [3.8, 4) is 0 Å². The number of aliphatic hydroxyl groups is 2. The van der Waals surface area contributed by atoms with Gasteiger partial charge < -0.3 is 76.1 Å². The highest BCUT2D eigenvalue weighted by molar-refractivity contribution is 5.87. The molecule has 1 saturated heterocycles. The summed E-state index contributed by atoms with van der Waals surface area (Å²) in [6, 6.07) is -2.45. The van der Waals surface area contributed by atoms with E-state index in [2.05, 4.69) is 35.8 Å². The molecule has 14 atom stereocenters. The Morgan fingerprint density at radius 3 is 1.17 bits per heavy atom. The monoisotopic (exact) mass is 1440 g/mol. The van der Waals surface area contributed by atoms with Gasteiger partial charge in [-0.1, -0.05) is 118 Å². The van der Waals surface area contributed by atoms with E-state index in [4.69, 9.17) is 50.8 Å². The molecule has 0 aliphatic carbocycles. The van der Waals surface area contributed by atoms with E-state index in [9.17, 15) is 79.4 Å². The summed E-state index contributed by atoms with van der Waals surface area (Å²) in [5, 5.41) is 46.2. The van der Waals surface area contributed by atoms with Crippen LogP contribution in [0.5, 0.6) is 0 Å². The molecule has 0 aromatic rings. The topological polar surface area (TPSA) is 407 Å². The van der Waals surface area contributed by atoms with Crippen molar-refractivity contribution in [2.45, 2.75) is 199 Å². The molecule has 11 N–H and O–H groups in total. The zero-order chi connectivity index (χ0) is 79.9. The maximum atomic E-state index is 11.8. The molecule has 0 bridgehead atoms. The normalized spacial score (nSPS) is 16.3. The third-order valence-electron chi connectivity index (χ3n) is 13.3. The number of halogens is 6. The number of hydrogen-bond acceptors (Lipinski definition) is 20. The number of carbonyl (C=O) groups excluding carboxylic acids is 7. The molecule has 0 spiro atoms. The third kappa shape index (κ3) is 59.1. The van der Waals surface area contributed by atoms with Crippen molar-refractivity contribution in [3.05, 3.63) is 74.9 Å². The summed E-state index contributed by atoms with van der Waals surface area (Å²) in [6.07, 6.45) is 2.08. The van der Waals surface area contributed by atoms with Gasteiger partial charge in [0.1, 0.15) is 48.6 Å². The Balaban J connectivity index is -0.000000197. The number of epoxide rings is 1.